The number of thiocarbonyl (C=S) groups is 1. The number of hydrogen-bond donors (Lipinski definition) is 2. The van der Waals surface area contributed by atoms with Crippen molar-refractivity contribution in [3.63, 3.8) is 0 Å². The molecular weight excluding hydrogens is 242 g/mol. The van der Waals surface area contributed by atoms with Crippen molar-refractivity contribution >= 4 is 34.4 Å². The van der Waals surface area contributed by atoms with Gasteiger partial charge in [-0.1, -0.05) is 12.2 Å². The third-order valence-corrected chi connectivity index (χ3v) is 2.68. The van der Waals surface area contributed by atoms with E-state index in [-0.39, 0.29) is 4.99 Å². The number of nitrogens with one attached hydrogen (secondary N) is 1. The van der Waals surface area contributed by atoms with Gasteiger partial charge in [0, 0.05) is 17.8 Å². The summed E-state index contributed by atoms with van der Waals surface area (Å²) in [6.07, 6.45) is 3.15. The maximum absolute atomic E-state index is 5.54. The van der Waals surface area contributed by atoms with Gasteiger partial charge in [-0.3, -0.25) is 0 Å². The molecule has 0 aliphatic carbocycles. The van der Waals surface area contributed by atoms with Crippen molar-refractivity contribution in [3.05, 3.63) is 34.7 Å². The van der Waals surface area contributed by atoms with Crippen LogP contribution in [0.2, 0.25) is 0 Å². The summed E-state index contributed by atoms with van der Waals surface area (Å²) in [5, 5.41) is 5.06. The van der Waals surface area contributed by atoms with E-state index in [1.807, 2.05) is 5.38 Å². The van der Waals surface area contributed by atoms with E-state index in [9.17, 15) is 0 Å². The van der Waals surface area contributed by atoms with Gasteiger partial charge in [0.2, 0.25) is 0 Å². The van der Waals surface area contributed by atoms with Crippen LogP contribution in [0.4, 0.5) is 5.82 Å². The van der Waals surface area contributed by atoms with Crippen LogP contribution >= 0.6 is 23.6 Å². The zero-order valence-corrected chi connectivity index (χ0v) is 9.88. The minimum Gasteiger partial charge on any atom is -0.388 e. The van der Waals surface area contributed by atoms with Gasteiger partial charge in [-0.15, -0.1) is 11.3 Å². The van der Waals surface area contributed by atoms with Gasteiger partial charge >= 0.3 is 0 Å². The fraction of sp³-hybridized carbons (Fsp3) is 0.111. The standard InChI is InChI=1S/C9H9N5S2/c10-8(15)7-9(12-2-1-11-7)13-3-6-4-16-5-14-6/h1-2,4-5H,3H2,(H2,10,15)(H,12,13). The first-order valence-electron chi connectivity index (χ1n) is 4.49. The predicted octanol–water partition coefficient (Wildman–Crippen LogP) is 1.18. The Bertz CT molecular complexity index is 482. The van der Waals surface area contributed by atoms with Crippen LogP contribution in [0.25, 0.3) is 0 Å². The van der Waals surface area contributed by atoms with Crippen molar-refractivity contribution in [3.8, 4) is 0 Å². The molecule has 2 aromatic heterocycles. The normalized spacial score (nSPS) is 10.0. The van der Waals surface area contributed by atoms with Gasteiger partial charge in [-0.25, -0.2) is 15.0 Å². The molecule has 0 radical (unpaired) electrons. The molecule has 5 nitrogen and oxygen atoms in total. The van der Waals surface area contributed by atoms with Gasteiger partial charge in [0.15, 0.2) is 5.82 Å². The van der Waals surface area contributed by atoms with Crippen molar-refractivity contribution in [2.24, 2.45) is 5.73 Å². The highest BCUT2D eigenvalue weighted by atomic mass is 32.1. The van der Waals surface area contributed by atoms with Gasteiger partial charge in [-0.2, -0.15) is 0 Å². The van der Waals surface area contributed by atoms with Crippen molar-refractivity contribution in [2.45, 2.75) is 6.54 Å². The lowest BCUT2D eigenvalue weighted by molar-refractivity contribution is 1.04. The van der Waals surface area contributed by atoms with Crippen LogP contribution in [0, 0.1) is 0 Å². The zero-order chi connectivity index (χ0) is 11.4. The van der Waals surface area contributed by atoms with Crippen molar-refractivity contribution in [1.82, 2.24) is 15.0 Å². The Morgan fingerprint density at radius 2 is 2.19 bits per heavy atom. The summed E-state index contributed by atoms with van der Waals surface area (Å²) in [6, 6.07) is 0. The Kier molecular flexibility index (Phi) is 3.37. The largest absolute Gasteiger partial charge is 0.388 e. The minimum absolute atomic E-state index is 0.230. The molecule has 7 heteroatoms. The van der Waals surface area contributed by atoms with Crippen LogP contribution in [0.15, 0.2) is 23.3 Å². The lowest BCUT2D eigenvalue weighted by Crippen LogP contribution is -2.16. The number of nitrogens with zero attached hydrogens (tertiary/aromatic N) is 3. The Balaban J connectivity index is 2.12. The molecule has 0 spiro atoms. The minimum atomic E-state index is 0.230. The fourth-order valence-corrected chi connectivity index (χ4v) is 1.85. The maximum atomic E-state index is 5.54. The molecular formula is C9H9N5S2. The molecule has 0 aliphatic rings. The van der Waals surface area contributed by atoms with Gasteiger partial charge in [0.25, 0.3) is 0 Å². The second-order valence-electron chi connectivity index (χ2n) is 2.95. The molecule has 2 heterocycles. The van der Waals surface area contributed by atoms with E-state index in [2.05, 4.69) is 20.3 Å². The van der Waals surface area contributed by atoms with Gasteiger partial charge < -0.3 is 11.1 Å². The van der Waals surface area contributed by atoms with E-state index in [0.29, 0.717) is 18.1 Å². The van der Waals surface area contributed by atoms with Crippen LogP contribution in [-0.2, 0) is 6.54 Å². The monoisotopic (exact) mass is 251 g/mol. The van der Waals surface area contributed by atoms with Crippen molar-refractivity contribution < 1.29 is 0 Å². The molecule has 0 aromatic carbocycles. The van der Waals surface area contributed by atoms with Gasteiger partial charge in [-0.05, 0) is 0 Å². The molecule has 0 aliphatic heterocycles. The summed E-state index contributed by atoms with van der Waals surface area (Å²) in [6.45, 7) is 0.581. The topological polar surface area (TPSA) is 76.7 Å². The average Bonchev–Trinajstić information content (AvgIpc) is 2.79. The van der Waals surface area contributed by atoms with E-state index in [4.69, 9.17) is 18.0 Å². The third kappa shape index (κ3) is 2.50. The van der Waals surface area contributed by atoms with Crippen LogP contribution < -0.4 is 11.1 Å². The molecule has 0 amide bonds. The second-order valence-corrected chi connectivity index (χ2v) is 4.11. The fourth-order valence-electron chi connectivity index (χ4n) is 1.15. The van der Waals surface area contributed by atoms with Crippen LogP contribution in [-0.4, -0.2) is 19.9 Å². The lowest BCUT2D eigenvalue weighted by Gasteiger charge is -2.07. The number of aromatic nitrogens is 3. The highest BCUT2D eigenvalue weighted by molar-refractivity contribution is 7.80. The van der Waals surface area contributed by atoms with E-state index >= 15 is 0 Å². The number of rotatable bonds is 4. The van der Waals surface area contributed by atoms with Crippen LogP contribution in [0.1, 0.15) is 11.4 Å². The predicted molar refractivity (Wildman–Crippen MR) is 67.4 cm³/mol. The Morgan fingerprint density at radius 1 is 1.38 bits per heavy atom. The van der Waals surface area contributed by atoms with Crippen molar-refractivity contribution in [1.29, 1.82) is 0 Å². The Labute approximate surface area is 102 Å². The van der Waals surface area contributed by atoms with Crippen LogP contribution in [0.3, 0.4) is 0 Å². The smallest absolute Gasteiger partial charge is 0.155 e. The second kappa shape index (κ2) is 4.95. The molecule has 3 N–H and O–H groups in total. The number of nitrogens with two attached hydrogens (primary N) is 1. The first-order valence-corrected chi connectivity index (χ1v) is 5.84. The summed E-state index contributed by atoms with van der Waals surface area (Å²) in [4.78, 5) is 12.6. The summed E-state index contributed by atoms with van der Waals surface area (Å²) < 4.78 is 0. The van der Waals surface area contributed by atoms with E-state index < -0.39 is 0 Å². The quantitative estimate of drug-likeness (QED) is 0.795. The van der Waals surface area contributed by atoms with Gasteiger partial charge in [0.1, 0.15) is 10.7 Å². The molecule has 82 valence electrons. The number of anilines is 1. The van der Waals surface area contributed by atoms with E-state index in [0.717, 1.165) is 5.69 Å². The summed E-state index contributed by atoms with van der Waals surface area (Å²) >= 11 is 6.43. The highest BCUT2D eigenvalue weighted by Gasteiger charge is 2.07. The van der Waals surface area contributed by atoms with Crippen LogP contribution in [0.5, 0.6) is 0 Å². The summed E-state index contributed by atoms with van der Waals surface area (Å²) in [5.74, 6) is 0.586. The molecule has 16 heavy (non-hydrogen) atoms. The number of thiazole rings is 1. The van der Waals surface area contributed by atoms with Crippen molar-refractivity contribution in [2.75, 3.05) is 5.32 Å². The molecule has 2 rings (SSSR count). The van der Waals surface area contributed by atoms with E-state index in [1.54, 1.807) is 29.2 Å². The first kappa shape index (κ1) is 10.9. The average molecular weight is 251 g/mol. The molecule has 0 saturated heterocycles. The molecule has 0 fully saturated rings. The summed E-state index contributed by atoms with van der Waals surface area (Å²) in [7, 11) is 0. The maximum Gasteiger partial charge on any atom is 0.155 e. The molecule has 2 aromatic rings. The van der Waals surface area contributed by atoms with Gasteiger partial charge in [0.05, 0.1) is 17.7 Å². The summed E-state index contributed by atoms with van der Waals surface area (Å²) in [5.41, 5.74) is 8.77. The molecule has 0 saturated carbocycles. The zero-order valence-electron chi connectivity index (χ0n) is 8.25. The SMILES string of the molecule is NC(=S)c1nccnc1NCc1cscn1. The Morgan fingerprint density at radius 3 is 2.88 bits per heavy atom. The molecule has 0 bridgehead atoms. The molecule has 0 atom stereocenters. The lowest BCUT2D eigenvalue weighted by atomic mass is 10.4. The van der Waals surface area contributed by atoms with E-state index in [1.165, 1.54) is 0 Å². The number of hydrogen-bond acceptors (Lipinski definition) is 6. The molecule has 0 unspecified atom stereocenters. The third-order valence-electron chi connectivity index (χ3n) is 1.85. The highest BCUT2D eigenvalue weighted by Crippen LogP contribution is 2.10. The Hall–Kier alpha value is -1.60. The first-order chi connectivity index (χ1) is 7.77.